The molecule has 0 aromatic heterocycles. The second-order valence-corrected chi connectivity index (χ2v) is 8.78. The van der Waals surface area contributed by atoms with Gasteiger partial charge >= 0.3 is 0 Å². The smallest absolute Gasteiger partial charge is 0.251 e. The molecule has 7 heteroatoms. The number of hydrogen-bond acceptors (Lipinski definition) is 4. The molecule has 3 aromatic rings. The summed E-state index contributed by atoms with van der Waals surface area (Å²) in [5.41, 5.74) is 1.39. The van der Waals surface area contributed by atoms with Gasteiger partial charge in [-0.05, 0) is 58.8 Å². The number of amides is 1. The molecule has 0 unspecified atom stereocenters. The maximum absolute atomic E-state index is 12.6. The molecule has 0 saturated carbocycles. The first-order valence-electron chi connectivity index (χ1n) is 9.84. The van der Waals surface area contributed by atoms with E-state index in [0.717, 1.165) is 22.1 Å². The van der Waals surface area contributed by atoms with E-state index in [0.29, 0.717) is 25.2 Å². The van der Waals surface area contributed by atoms with E-state index in [-0.39, 0.29) is 10.8 Å². The van der Waals surface area contributed by atoms with Crippen LogP contribution in [0.25, 0.3) is 10.8 Å². The minimum atomic E-state index is -3.53. The normalized spacial score (nSPS) is 11.6. The number of ether oxygens (including phenoxy) is 1. The van der Waals surface area contributed by atoms with E-state index in [1.807, 2.05) is 36.4 Å². The number of carbonyl (C=O) groups excluding carboxylic acids is 1. The molecule has 0 radical (unpaired) electrons. The second kappa shape index (κ2) is 9.28. The van der Waals surface area contributed by atoms with Gasteiger partial charge in [0, 0.05) is 25.2 Å². The molecule has 0 atom stereocenters. The molecule has 6 nitrogen and oxygen atoms in total. The van der Waals surface area contributed by atoms with Gasteiger partial charge in [0.05, 0.1) is 12.0 Å². The number of sulfonamides is 1. The zero-order valence-electron chi connectivity index (χ0n) is 17.4. The number of rotatable bonds is 8. The first-order chi connectivity index (χ1) is 14.4. The summed E-state index contributed by atoms with van der Waals surface area (Å²) in [5, 5.41) is 5.01. The minimum absolute atomic E-state index is 0.188. The lowest BCUT2D eigenvalue weighted by Gasteiger charge is -2.18. The van der Waals surface area contributed by atoms with Crippen LogP contribution in [-0.4, -0.2) is 38.8 Å². The van der Waals surface area contributed by atoms with Crippen molar-refractivity contribution in [2.24, 2.45) is 0 Å². The number of fused-ring (bicyclic) bond motifs is 1. The molecule has 30 heavy (non-hydrogen) atoms. The summed E-state index contributed by atoms with van der Waals surface area (Å²) in [4.78, 5) is 12.7. The van der Waals surface area contributed by atoms with Crippen LogP contribution in [0.1, 0.15) is 29.8 Å². The predicted molar refractivity (Wildman–Crippen MR) is 118 cm³/mol. The summed E-state index contributed by atoms with van der Waals surface area (Å²) < 4.78 is 31.7. The molecule has 0 fully saturated rings. The predicted octanol–water partition coefficient (Wildman–Crippen LogP) is 3.81. The van der Waals surface area contributed by atoms with Crippen LogP contribution in [0, 0.1) is 0 Å². The van der Waals surface area contributed by atoms with Gasteiger partial charge in [0.25, 0.3) is 5.91 Å². The van der Waals surface area contributed by atoms with Crippen molar-refractivity contribution in [3.05, 3.63) is 71.8 Å². The zero-order valence-corrected chi connectivity index (χ0v) is 18.2. The topological polar surface area (TPSA) is 75.7 Å². The molecule has 0 aliphatic carbocycles. The number of nitrogens with zero attached hydrogens (tertiary/aromatic N) is 1. The van der Waals surface area contributed by atoms with Crippen LogP contribution in [0.4, 0.5) is 0 Å². The lowest BCUT2D eigenvalue weighted by Crippen LogP contribution is -2.30. The highest BCUT2D eigenvalue weighted by molar-refractivity contribution is 7.89. The Labute approximate surface area is 177 Å². The van der Waals surface area contributed by atoms with E-state index in [1.54, 1.807) is 33.1 Å². The van der Waals surface area contributed by atoms with Crippen LogP contribution >= 0.6 is 0 Å². The number of hydrogen-bond donors (Lipinski definition) is 1. The average Bonchev–Trinajstić information content (AvgIpc) is 2.77. The molecule has 3 aromatic carbocycles. The van der Waals surface area contributed by atoms with Gasteiger partial charge in [0.15, 0.2) is 0 Å². The Balaban J connectivity index is 1.68. The molecule has 0 saturated heterocycles. The van der Waals surface area contributed by atoms with Crippen LogP contribution in [0.5, 0.6) is 5.75 Å². The monoisotopic (exact) mass is 426 g/mol. The SMILES string of the molecule is CCN(CC)S(=O)(=O)c1ccc(C(=O)NCc2ccc3cc(OC)ccc3c2)cc1. The van der Waals surface area contributed by atoms with Crippen molar-refractivity contribution >= 4 is 26.7 Å². The molecular formula is C23H26N2O4S. The van der Waals surface area contributed by atoms with Crippen molar-refractivity contribution in [1.82, 2.24) is 9.62 Å². The summed E-state index contributed by atoms with van der Waals surface area (Å²) >= 11 is 0. The highest BCUT2D eigenvalue weighted by Crippen LogP contribution is 2.22. The molecule has 0 aliphatic heterocycles. The molecule has 158 valence electrons. The van der Waals surface area contributed by atoms with E-state index < -0.39 is 10.0 Å². The van der Waals surface area contributed by atoms with Crippen LogP contribution in [-0.2, 0) is 16.6 Å². The third-order valence-corrected chi connectivity index (χ3v) is 7.09. The van der Waals surface area contributed by atoms with Gasteiger partial charge in [0.1, 0.15) is 5.75 Å². The van der Waals surface area contributed by atoms with Crippen LogP contribution in [0.2, 0.25) is 0 Å². The maximum atomic E-state index is 12.6. The summed E-state index contributed by atoms with van der Waals surface area (Å²) in [6, 6.07) is 17.9. The summed E-state index contributed by atoms with van der Waals surface area (Å²) in [7, 11) is -1.90. The lowest BCUT2D eigenvalue weighted by atomic mass is 10.1. The van der Waals surface area contributed by atoms with Crippen molar-refractivity contribution in [2.75, 3.05) is 20.2 Å². The fourth-order valence-corrected chi connectivity index (χ4v) is 4.74. The quantitative estimate of drug-likeness (QED) is 0.594. The van der Waals surface area contributed by atoms with Crippen molar-refractivity contribution in [3.8, 4) is 5.75 Å². The van der Waals surface area contributed by atoms with Gasteiger partial charge < -0.3 is 10.1 Å². The van der Waals surface area contributed by atoms with E-state index in [9.17, 15) is 13.2 Å². The molecule has 0 heterocycles. The van der Waals surface area contributed by atoms with Crippen LogP contribution < -0.4 is 10.1 Å². The first kappa shape index (κ1) is 21.8. The lowest BCUT2D eigenvalue weighted by molar-refractivity contribution is 0.0951. The van der Waals surface area contributed by atoms with E-state index in [2.05, 4.69) is 5.32 Å². The molecule has 0 aliphatic rings. The number of nitrogens with one attached hydrogen (secondary N) is 1. The van der Waals surface area contributed by atoms with Gasteiger partial charge in [-0.25, -0.2) is 8.42 Å². The molecule has 1 N–H and O–H groups in total. The van der Waals surface area contributed by atoms with Gasteiger partial charge in [-0.2, -0.15) is 4.31 Å². The average molecular weight is 427 g/mol. The standard InChI is InChI=1S/C23H26N2O4S/c1-4-25(5-2)30(27,28)22-12-9-18(10-13-22)23(26)24-16-17-6-7-20-15-21(29-3)11-8-19(20)14-17/h6-15H,4-5,16H2,1-3H3,(H,24,26). The summed E-state index contributed by atoms with van der Waals surface area (Å²) in [5.74, 6) is 0.548. The molecule has 3 rings (SSSR count). The van der Waals surface area contributed by atoms with E-state index >= 15 is 0 Å². The Hall–Kier alpha value is -2.90. The number of methoxy groups -OCH3 is 1. The Kier molecular flexibility index (Phi) is 6.74. The third kappa shape index (κ3) is 4.63. The minimum Gasteiger partial charge on any atom is -0.497 e. The van der Waals surface area contributed by atoms with Crippen molar-refractivity contribution in [3.63, 3.8) is 0 Å². The molecule has 0 bridgehead atoms. The van der Waals surface area contributed by atoms with E-state index in [1.165, 1.54) is 16.4 Å². The third-order valence-electron chi connectivity index (χ3n) is 5.02. The van der Waals surface area contributed by atoms with Gasteiger partial charge in [0.2, 0.25) is 10.0 Å². The Bertz CT molecular complexity index is 1140. The van der Waals surface area contributed by atoms with Crippen molar-refractivity contribution in [2.45, 2.75) is 25.3 Å². The fourth-order valence-electron chi connectivity index (χ4n) is 3.29. The zero-order chi connectivity index (χ0) is 21.7. The fraction of sp³-hybridized carbons (Fsp3) is 0.261. The van der Waals surface area contributed by atoms with Crippen molar-refractivity contribution in [1.29, 1.82) is 0 Å². The van der Waals surface area contributed by atoms with Crippen LogP contribution in [0.15, 0.2) is 65.6 Å². The highest BCUT2D eigenvalue weighted by Gasteiger charge is 2.21. The molecule has 1 amide bonds. The number of benzene rings is 3. The van der Waals surface area contributed by atoms with Crippen LogP contribution in [0.3, 0.4) is 0 Å². The number of carbonyl (C=O) groups is 1. The van der Waals surface area contributed by atoms with E-state index in [4.69, 9.17) is 4.74 Å². The Morgan fingerprint density at radius 3 is 2.20 bits per heavy atom. The van der Waals surface area contributed by atoms with Gasteiger partial charge in [-0.3, -0.25) is 4.79 Å². The van der Waals surface area contributed by atoms with Gasteiger partial charge in [-0.1, -0.05) is 32.0 Å². The molecule has 0 spiro atoms. The first-order valence-corrected chi connectivity index (χ1v) is 11.3. The van der Waals surface area contributed by atoms with Crippen molar-refractivity contribution < 1.29 is 17.9 Å². The summed E-state index contributed by atoms with van der Waals surface area (Å²) in [6.45, 7) is 4.78. The highest BCUT2D eigenvalue weighted by atomic mass is 32.2. The van der Waals surface area contributed by atoms with Gasteiger partial charge in [-0.15, -0.1) is 0 Å². The largest absolute Gasteiger partial charge is 0.497 e. The molecular weight excluding hydrogens is 400 g/mol. The Morgan fingerprint density at radius 1 is 0.933 bits per heavy atom. The Morgan fingerprint density at radius 2 is 1.57 bits per heavy atom. The second-order valence-electron chi connectivity index (χ2n) is 6.84. The summed E-state index contributed by atoms with van der Waals surface area (Å²) in [6.07, 6.45) is 0. The maximum Gasteiger partial charge on any atom is 0.251 e.